The van der Waals surface area contributed by atoms with Crippen LogP contribution in [0.5, 0.6) is 5.75 Å². The maximum atomic E-state index is 9.79. The highest BCUT2D eigenvalue weighted by Gasteiger charge is 2.44. The maximum absolute atomic E-state index is 9.79. The van der Waals surface area contributed by atoms with Gasteiger partial charge in [-0.1, -0.05) is 0 Å². The van der Waals surface area contributed by atoms with Crippen molar-refractivity contribution < 1.29 is 29.9 Å². The summed E-state index contributed by atoms with van der Waals surface area (Å²) in [6.07, 6.45) is -6.31. The van der Waals surface area contributed by atoms with Gasteiger partial charge in [-0.05, 0) is 46.9 Å². The zero-order valence-corrected chi connectivity index (χ0v) is 12.0. The van der Waals surface area contributed by atoms with Crippen molar-refractivity contribution >= 4 is 22.6 Å². The third-order valence-corrected chi connectivity index (χ3v) is 3.63. The Balaban J connectivity index is 2.08. The lowest BCUT2D eigenvalue weighted by Gasteiger charge is -2.39. The van der Waals surface area contributed by atoms with Gasteiger partial charge in [-0.3, -0.25) is 0 Å². The van der Waals surface area contributed by atoms with E-state index in [4.69, 9.17) is 14.6 Å². The minimum atomic E-state index is -1.43. The van der Waals surface area contributed by atoms with Gasteiger partial charge in [0.1, 0.15) is 30.2 Å². The predicted octanol–water partition coefficient (Wildman–Crippen LogP) is -0.530. The van der Waals surface area contributed by atoms with Crippen LogP contribution in [0.25, 0.3) is 0 Å². The number of aliphatic hydroxyl groups is 4. The number of halogens is 1. The molecule has 4 N–H and O–H groups in total. The van der Waals surface area contributed by atoms with Crippen LogP contribution in [0.3, 0.4) is 0 Å². The summed E-state index contributed by atoms with van der Waals surface area (Å²) in [4.78, 5) is 0. The Bertz CT molecular complexity index is 409. The van der Waals surface area contributed by atoms with Crippen molar-refractivity contribution in [2.45, 2.75) is 30.7 Å². The third kappa shape index (κ3) is 3.36. The van der Waals surface area contributed by atoms with Crippen LogP contribution in [0.2, 0.25) is 0 Å². The number of rotatable bonds is 3. The molecule has 1 aliphatic heterocycles. The molecule has 0 unspecified atom stereocenters. The van der Waals surface area contributed by atoms with Crippen LogP contribution in [0.4, 0.5) is 0 Å². The van der Waals surface area contributed by atoms with Crippen molar-refractivity contribution in [1.29, 1.82) is 0 Å². The van der Waals surface area contributed by atoms with E-state index in [1.165, 1.54) is 0 Å². The van der Waals surface area contributed by atoms with E-state index < -0.39 is 37.3 Å². The molecule has 106 valence electrons. The van der Waals surface area contributed by atoms with E-state index in [-0.39, 0.29) is 0 Å². The van der Waals surface area contributed by atoms with Gasteiger partial charge in [0.25, 0.3) is 0 Å². The summed E-state index contributed by atoms with van der Waals surface area (Å²) in [5, 5.41) is 38.1. The van der Waals surface area contributed by atoms with Crippen molar-refractivity contribution in [3.05, 3.63) is 27.8 Å². The summed E-state index contributed by atoms with van der Waals surface area (Å²) in [6.45, 7) is -0.475. The lowest BCUT2D eigenvalue weighted by Crippen LogP contribution is -2.60. The normalized spacial score (nSPS) is 35.1. The van der Waals surface area contributed by atoms with E-state index in [1.54, 1.807) is 12.1 Å². The second kappa shape index (κ2) is 6.33. The number of hydrogen-bond donors (Lipinski definition) is 4. The molecule has 1 aliphatic rings. The van der Waals surface area contributed by atoms with Gasteiger partial charge in [-0.25, -0.2) is 0 Å². The summed E-state index contributed by atoms with van der Waals surface area (Å²) < 4.78 is 11.7. The maximum Gasteiger partial charge on any atom is 0.229 e. The van der Waals surface area contributed by atoms with Crippen molar-refractivity contribution in [3.63, 3.8) is 0 Å². The van der Waals surface area contributed by atoms with Gasteiger partial charge in [0.05, 0.1) is 6.61 Å². The smallest absolute Gasteiger partial charge is 0.229 e. The highest BCUT2D eigenvalue weighted by atomic mass is 127. The molecule has 0 aromatic heterocycles. The van der Waals surface area contributed by atoms with Crippen molar-refractivity contribution in [2.75, 3.05) is 6.61 Å². The molecule has 19 heavy (non-hydrogen) atoms. The first kappa shape index (κ1) is 14.9. The van der Waals surface area contributed by atoms with E-state index in [2.05, 4.69) is 22.6 Å². The molecule has 0 bridgehead atoms. The first-order valence-corrected chi connectivity index (χ1v) is 6.83. The Kier molecular flexibility index (Phi) is 4.98. The van der Waals surface area contributed by atoms with Gasteiger partial charge < -0.3 is 29.9 Å². The zero-order valence-electron chi connectivity index (χ0n) is 9.89. The molecule has 0 radical (unpaired) electrons. The van der Waals surface area contributed by atoms with E-state index in [0.717, 1.165) is 3.57 Å². The molecule has 1 fully saturated rings. The van der Waals surface area contributed by atoms with Gasteiger partial charge in [0.2, 0.25) is 6.29 Å². The largest absolute Gasteiger partial charge is 0.462 e. The average Bonchev–Trinajstić information content (AvgIpc) is 2.42. The van der Waals surface area contributed by atoms with E-state index in [9.17, 15) is 15.3 Å². The van der Waals surface area contributed by atoms with E-state index >= 15 is 0 Å². The van der Waals surface area contributed by atoms with Gasteiger partial charge in [-0.2, -0.15) is 0 Å². The van der Waals surface area contributed by atoms with Crippen molar-refractivity contribution in [2.24, 2.45) is 0 Å². The summed E-state index contributed by atoms with van der Waals surface area (Å²) >= 11 is 2.14. The second-order valence-corrected chi connectivity index (χ2v) is 5.51. The van der Waals surface area contributed by atoms with Gasteiger partial charge in [0, 0.05) is 3.57 Å². The minimum Gasteiger partial charge on any atom is -0.462 e. The molecule has 1 heterocycles. The van der Waals surface area contributed by atoms with Crippen LogP contribution in [-0.4, -0.2) is 57.7 Å². The molecular weight excluding hydrogens is 367 g/mol. The summed E-state index contributed by atoms with van der Waals surface area (Å²) in [6, 6.07) is 7.03. The van der Waals surface area contributed by atoms with Crippen LogP contribution in [0, 0.1) is 3.57 Å². The Labute approximate surface area is 123 Å². The molecule has 0 aliphatic carbocycles. The highest BCUT2D eigenvalue weighted by molar-refractivity contribution is 14.1. The molecule has 2 rings (SSSR count). The number of hydrogen-bond acceptors (Lipinski definition) is 6. The van der Waals surface area contributed by atoms with Gasteiger partial charge in [0.15, 0.2) is 0 Å². The number of aliphatic hydroxyl groups excluding tert-OH is 4. The van der Waals surface area contributed by atoms with Crippen molar-refractivity contribution in [1.82, 2.24) is 0 Å². The summed E-state index contributed by atoms with van der Waals surface area (Å²) in [7, 11) is 0. The molecule has 0 amide bonds. The molecule has 1 aromatic rings. The van der Waals surface area contributed by atoms with Crippen LogP contribution in [0.15, 0.2) is 24.3 Å². The lowest BCUT2D eigenvalue weighted by molar-refractivity contribution is -0.277. The quantitative estimate of drug-likeness (QED) is 0.525. The molecular formula is C12H15IO6. The van der Waals surface area contributed by atoms with E-state index in [1.807, 2.05) is 12.1 Å². The Morgan fingerprint density at radius 3 is 2.26 bits per heavy atom. The molecule has 0 saturated carbocycles. The van der Waals surface area contributed by atoms with Crippen LogP contribution in [0.1, 0.15) is 0 Å². The lowest BCUT2D eigenvalue weighted by atomic mass is 9.99. The Hall–Kier alpha value is -0.450. The predicted molar refractivity (Wildman–Crippen MR) is 73.6 cm³/mol. The highest BCUT2D eigenvalue weighted by Crippen LogP contribution is 2.24. The molecule has 1 aromatic carbocycles. The molecule has 6 nitrogen and oxygen atoms in total. The van der Waals surface area contributed by atoms with E-state index in [0.29, 0.717) is 5.75 Å². The Morgan fingerprint density at radius 1 is 1.05 bits per heavy atom. The number of benzene rings is 1. The summed E-state index contributed by atoms with van der Waals surface area (Å²) in [5.41, 5.74) is 0. The van der Waals surface area contributed by atoms with Gasteiger partial charge >= 0.3 is 0 Å². The monoisotopic (exact) mass is 382 g/mol. The first-order valence-electron chi connectivity index (χ1n) is 5.75. The van der Waals surface area contributed by atoms with Crippen LogP contribution in [-0.2, 0) is 4.74 Å². The van der Waals surface area contributed by atoms with Gasteiger partial charge in [-0.15, -0.1) is 0 Å². The molecule has 5 atom stereocenters. The van der Waals surface area contributed by atoms with Crippen LogP contribution < -0.4 is 4.74 Å². The Morgan fingerprint density at radius 2 is 1.68 bits per heavy atom. The topological polar surface area (TPSA) is 99.4 Å². The van der Waals surface area contributed by atoms with Crippen LogP contribution >= 0.6 is 22.6 Å². The fourth-order valence-electron chi connectivity index (χ4n) is 1.81. The standard InChI is InChI=1S/C12H15IO6/c13-6-1-3-7(4-2-6)18-12-11(17)10(16)9(15)8(5-14)19-12/h1-4,8-12,14-17H,5H2/t8-,9-,10+,11+,12+/m1/s1. The molecule has 7 heteroatoms. The minimum absolute atomic E-state index is 0.463. The summed E-state index contributed by atoms with van der Waals surface area (Å²) in [5.74, 6) is 0.463. The third-order valence-electron chi connectivity index (χ3n) is 2.91. The SMILES string of the molecule is OC[C@H]1O[C@H](Oc2ccc(I)cc2)[C@@H](O)[C@@H](O)[C@@H]1O. The molecule has 0 spiro atoms. The number of ether oxygens (including phenoxy) is 2. The van der Waals surface area contributed by atoms with Crippen molar-refractivity contribution in [3.8, 4) is 5.75 Å². The second-order valence-electron chi connectivity index (χ2n) is 4.27. The zero-order chi connectivity index (χ0) is 14.0. The first-order chi connectivity index (χ1) is 9.02. The fourth-order valence-corrected chi connectivity index (χ4v) is 2.17. The molecule has 1 saturated heterocycles. The fraction of sp³-hybridized carbons (Fsp3) is 0.500. The average molecular weight is 382 g/mol.